The lowest BCUT2D eigenvalue weighted by Gasteiger charge is -2.12. The van der Waals surface area contributed by atoms with Gasteiger partial charge in [0.05, 0.1) is 5.83 Å². The Balaban J connectivity index is 4.06. The molecule has 0 aromatic carbocycles. The zero-order chi connectivity index (χ0) is 12.8. The topological polar surface area (TPSA) is 73.1 Å². The molecule has 1 atom stereocenters. The van der Waals surface area contributed by atoms with E-state index in [0.29, 0.717) is 13.0 Å². The molecule has 0 heterocycles. The molecule has 0 saturated heterocycles. The molecule has 4 nitrogen and oxygen atoms in total. The average molecular weight is 229 g/mol. The van der Waals surface area contributed by atoms with E-state index in [4.69, 9.17) is 10.8 Å². The number of hydrogen-bond donors (Lipinski definition) is 2. The number of allylic oxidation sites excluding steroid dienone is 2. The van der Waals surface area contributed by atoms with E-state index in [0.717, 1.165) is 18.7 Å². The van der Waals surface area contributed by atoms with Crippen molar-refractivity contribution in [3.8, 4) is 0 Å². The van der Waals surface area contributed by atoms with Gasteiger partial charge in [-0.05, 0) is 26.3 Å². The second-order valence-electron chi connectivity index (χ2n) is 3.91. The van der Waals surface area contributed by atoms with Gasteiger partial charge >= 0.3 is 5.97 Å². The molecule has 0 amide bonds. The molecule has 0 saturated carbocycles. The van der Waals surface area contributed by atoms with E-state index in [1.165, 1.54) is 0 Å². The fourth-order valence-electron chi connectivity index (χ4n) is 1.01. The van der Waals surface area contributed by atoms with Crippen molar-refractivity contribution in [3.05, 3.63) is 24.2 Å². The van der Waals surface area contributed by atoms with E-state index < -0.39 is 17.3 Å². The Kier molecular flexibility index (Phi) is 5.74. The van der Waals surface area contributed by atoms with Crippen LogP contribution in [-0.4, -0.2) is 23.2 Å². The predicted octanol–water partition coefficient (Wildman–Crippen LogP) is 1.87. The van der Waals surface area contributed by atoms with Crippen molar-refractivity contribution in [2.45, 2.75) is 32.2 Å². The molecule has 0 spiro atoms. The van der Waals surface area contributed by atoms with E-state index in [2.05, 4.69) is 11.9 Å². The highest BCUT2D eigenvalue weighted by Crippen LogP contribution is 2.13. The number of carbonyl (C=O) groups is 1. The summed E-state index contributed by atoms with van der Waals surface area (Å²) < 4.78 is 13.2. The number of carboxylic acid groups (broad SMARTS) is 1. The van der Waals surface area contributed by atoms with Crippen LogP contribution in [0.15, 0.2) is 24.2 Å². The van der Waals surface area contributed by atoms with Crippen molar-refractivity contribution in [1.29, 1.82) is 0 Å². The van der Waals surface area contributed by atoms with Crippen molar-refractivity contribution in [3.63, 3.8) is 0 Å². The largest absolute Gasteiger partial charge is 0.480 e. The van der Waals surface area contributed by atoms with Crippen molar-refractivity contribution in [2.24, 2.45) is 0 Å². The van der Waals surface area contributed by atoms with E-state index in [9.17, 15) is 9.18 Å². The van der Waals surface area contributed by atoms with Gasteiger partial charge in [-0.3, -0.25) is 0 Å². The third kappa shape index (κ3) is 6.19. The monoisotopic (exact) mass is 229 g/mol. The second kappa shape index (κ2) is 6.27. The van der Waals surface area contributed by atoms with E-state index in [1.54, 1.807) is 6.92 Å². The summed E-state index contributed by atoms with van der Waals surface area (Å²) in [5, 5.41) is 11.5. The summed E-state index contributed by atoms with van der Waals surface area (Å²) in [6.45, 7) is 7.15. The second-order valence-corrected chi connectivity index (χ2v) is 3.91. The molecule has 0 rings (SSSR count). The standard InChI is InChI=1S/C11H18FN2O2/c1-8(2)14-6-4-5-9(12)7-11(3,13)10(15)16/h7,13-14H,1,4-6H2,2-3H3,(H,15,16)/b9-7-/t11-/m1/s1. The van der Waals surface area contributed by atoms with Crippen LogP contribution >= 0.6 is 0 Å². The summed E-state index contributed by atoms with van der Waals surface area (Å²) >= 11 is 0. The Bertz CT molecular complexity index is 298. The number of halogens is 1. The van der Waals surface area contributed by atoms with Crippen LogP contribution in [-0.2, 0) is 4.79 Å². The minimum atomic E-state index is -1.90. The highest BCUT2D eigenvalue weighted by Gasteiger charge is 2.26. The third-order valence-electron chi connectivity index (χ3n) is 1.91. The SMILES string of the molecule is C=C(C)NCCC/C(F)=C/[C@@](C)([NH])C(=O)O. The van der Waals surface area contributed by atoms with Gasteiger partial charge in [-0.25, -0.2) is 14.9 Å². The summed E-state index contributed by atoms with van der Waals surface area (Å²) in [7, 11) is 0. The van der Waals surface area contributed by atoms with Gasteiger partial charge in [0.15, 0.2) is 0 Å². The molecule has 16 heavy (non-hydrogen) atoms. The number of nitrogens with one attached hydrogen (secondary N) is 2. The lowest BCUT2D eigenvalue weighted by Crippen LogP contribution is -2.34. The van der Waals surface area contributed by atoms with Crippen LogP contribution in [0.2, 0.25) is 0 Å². The van der Waals surface area contributed by atoms with Gasteiger partial charge in [0.25, 0.3) is 0 Å². The highest BCUT2D eigenvalue weighted by atomic mass is 19.1. The molecule has 0 fully saturated rings. The van der Waals surface area contributed by atoms with Crippen LogP contribution in [0.25, 0.3) is 0 Å². The molecular formula is C11H18FN2O2. The fraction of sp³-hybridized carbons (Fsp3) is 0.545. The van der Waals surface area contributed by atoms with E-state index >= 15 is 0 Å². The number of hydrogen-bond acceptors (Lipinski definition) is 2. The molecule has 91 valence electrons. The number of aliphatic carboxylic acids is 1. The molecule has 3 N–H and O–H groups in total. The fourth-order valence-corrected chi connectivity index (χ4v) is 1.01. The molecule has 0 aliphatic rings. The van der Waals surface area contributed by atoms with Crippen LogP contribution in [0.5, 0.6) is 0 Å². The number of rotatable bonds is 7. The molecule has 0 aliphatic carbocycles. The van der Waals surface area contributed by atoms with Crippen molar-refractivity contribution in [1.82, 2.24) is 11.1 Å². The smallest absolute Gasteiger partial charge is 0.329 e. The van der Waals surface area contributed by atoms with Crippen LogP contribution < -0.4 is 11.1 Å². The first kappa shape index (κ1) is 14.6. The quantitative estimate of drug-likeness (QED) is 0.654. The maximum absolute atomic E-state index is 13.2. The molecule has 5 heteroatoms. The Morgan fingerprint density at radius 2 is 2.25 bits per heavy atom. The van der Waals surface area contributed by atoms with Gasteiger partial charge in [0.2, 0.25) is 0 Å². The molecular weight excluding hydrogens is 211 g/mol. The summed E-state index contributed by atoms with van der Waals surface area (Å²) in [6.07, 6.45) is 1.49. The van der Waals surface area contributed by atoms with Crippen molar-refractivity contribution < 1.29 is 14.3 Å². The third-order valence-corrected chi connectivity index (χ3v) is 1.91. The summed E-state index contributed by atoms with van der Waals surface area (Å²) in [5.41, 5.74) is 6.22. The molecule has 1 radical (unpaired) electrons. The van der Waals surface area contributed by atoms with Crippen LogP contribution in [0.1, 0.15) is 26.7 Å². The Labute approximate surface area is 95.0 Å². The molecule has 0 unspecified atom stereocenters. The van der Waals surface area contributed by atoms with E-state index in [1.807, 2.05) is 0 Å². The zero-order valence-electron chi connectivity index (χ0n) is 9.64. The lowest BCUT2D eigenvalue weighted by atomic mass is 10.0. The normalized spacial score (nSPS) is 15.4. The van der Waals surface area contributed by atoms with Crippen molar-refractivity contribution in [2.75, 3.05) is 6.54 Å². The number of carboxylic acids is 1. The van der Waals surface area contributed by atoms with Crippen LogP contribution in [0.4, 0.5) is 4.39 Å². The minimum Gasteiger partial charge on any atom is -0.480 e. The van der Waals surface area contributed by atoms with Gasteiger partial charge in [-0.15, -0.1) is 0 Å². The average Bonchev–Trinajstić information content (AvgIpc) is 2.11. The van der Waals surface area contributed by atoms with Gasteiger partial charge in [0, 0.05) is 18.7 Å². The minimum absolute atomic E-state index is 0.127. The first-order valence-electron chi connectivity index (χ1n) is 5.00. The predicted molar refractivity (Wildman–Crippen MR) is 60.4 cm³/mol. The lowest BCUT2D eigenvalue weighted by molar-refractivity contribution is -0.141. The first-order chi connectivity index (χ1) is 7.25. The zero-order valence-corrected chi connectivity index (χ0v) is 9.64. The molecule has 0 aromatic rings. The Morgan fingerprint density at radius 1 is 1.69 bits per heavy atom. The first-order valence-corrected chi connectivity index (χ1v) is 5.00. The molecule has 0 aromatic heterocycles. The summed E-state index contributed by atoms with van der Waals surface area (Å²) in [5.74, 6) is -1.92. The van der Waals surface area contributed by atoms with Crippen molar-refractivity contribution >= 4 is 5.97 Å². The van der Waals surface area contributed by atoms with E-state index in [-0.39, 0.29) is 6.42 Å². The summed E-state index contributed by atoms with van der Waals surface area (Å²) in [4.78, 5) is 10.6. The Morgan fingerprint density at radius 3 is 2.69 bits per heavy atom. The van der Waals surface area contributed by atoms with Gasteiger partial charge in [-0.2, -0.15) is 0 Å². The maximum atomic E-state index is 13.2. The van der Waals surface area contributed by atoms with Gasteiger partial charge in [-0.1, -0.05) is 6.58 Å². The maximum Gasteiger partial charge on any atom is 0.329 e. The van der Waals surface area contributed by atoms with Crippen LogP contribution in [0.3, 0.4) is 0 Å². The van der Waals surface area contributed by atoms with Gasteiger partial charge < -0.3 is 10.4 Å². The Hall–Kier alpha value is -1.36. The van der Waals surface area contributed by atoms with Gasteiger partial charge in [0.1, 0.15) is 5.54 Å². The molecule has 0 bridgehead atoms. The highest BCUT2D eigenvalue weighted by molar-refractivity contribution is 5.80. The molecule has 0 aliphatic heterocycles. The van der Waals surface area contributed by atoms with Crippen LogP contribution in [0, 0.1) is 0 Å². The summed E-state index contributed by atoms with van der Waals surface area (Å²) in [6, 6.07) is 0.